The minimum absolute atomic E-state index is 0.233. The highest BCUT2D eigenvalue weighted by molar-refractivity contribution is 6.31. The second kappa shape index (κ2) is 6.64. The van der Waals surface area contributed by atoms with Crippen molar-refractivity contribution in [3.8, 4) is 0 Å². The van der Waals surface area contributed by atoms with Crippen molar-refractivity contribution in [3.63, 3.8) is 0 Å². The molecular weight excluding hydrogens is 265 g/mol. The first-order valence-corrected chi connectivity index (χ1v) is 6.54. The Bertz CT molecular complexity index is 513. The third-order valence-electron chi connectivity index (χ3n) is 3.02. The third kappa shape index (κ3) is 4.01. The Kier molecular flexibility index (Phi) is 4.88. The number of hydrogen-bond donors (Lipinski definition) is 1. The van der Waals surface area contributed by atoms with Crippen molar-refractivity contribution in [2.24, 2.45) is 0 Å². The number of aliphatic hydroxyl groups excluding tert-OH is 1. The summed E-state index contributed by atoms with van der Waals surface area (Å²) in [5, 5.41) is 10.3. The summed E-state index contributed by atoms with van der Waals surface area (Å²) >= 11 is 5.93. The smallest absolute Gasteiger partial charge is 0.127 e. The lowest BCUT2D eigenvalue weighted by Gasteiger charge is -2.12. The van der Waals surface area contributed by atoms with Crippen LogP contribution in [0.15, 0.2) is 42.7 Å². The van der Waals surface area contributed by atoms with Crippen molar-refractivity contribution < 1.29 is 9.50 Å². The zero-order chi connectivity index (χ0) is 13.7. The molecule has 0 aliphatic rings. The van der Waals surface area contributed by atoms with Crippen LogP contribution in [0.1, 0.15) is 17.5 Å². The zero-order valence-electron chi connectivity index (χ0n) is 10.4. The van der Waals surface area contributed by atoms with E-state index in [1.807, 2.05) is 12.1 Å². The number of halogens is 2. The lowest BCUT2D eigenvalue weighted by atomic mass is 10.0. The molecule has 19 heavy (non-hydrogen) atoms. The highest BCUT2D eigenvalue weighted by Crippen LogP contribution is 2.21. The molecule has 1 atom stereocenters. The lowest BCUT2D eigenvalue weighted by Crippen LogP contribution is -2.13. The molecule has 1 aromatic heterocycles. The maximum atomic E-state index is 13.6. The molecule has 0 aliphatic heterocycles. The Balaban J connectivity index is 1.93. The second-order valence-electron chi connectivity index (χ2n) is 4.45. The summed E-state index contributed by atoms with van der Waals surface area (Å²) in [6.45, 7) is 0. The van der Waals surface area contributed by atoms with Gasteiger partial charge in [-0.3, -0.25) is 4.98 Å². The molecule has 0 radical (unpaired) electrons. The van der Waals surface area contributed by atoms with Gasteiger partial charge in [0.15, 0.2) is 0 Å². The van der Waals surface area contributed by atoms with Crippen molar-refractivity contribution >= 4 is 11.6 Å². The molecule has 1 unspecified atom stereocenters. The molecule has 2 aromatic rings. The van der Waals surface area contributed by atoms with Crippen molar-refractivity contribution in [3.05, 3.63) is 64.7 Å². The van der Waals surface area contributed by atoms with Gasteiger partial charge in [0.05, 0.1) is 6.10 Å². The number of pyridine rings is 1. The average Bonchev–Trinajstić information content (AvgIpc) is 2.42. The maximum Gasteiger partial charge on any atom is 0.127 e. The average molecular weight is 280 g/mol. The van der Waals surface area contributed by atoms with Crippen LogP contribution in [-0.2, 0) is 12.8 Å². The number of aliphatic hydroxyl groups is 1. The predicted octanol–water partition coefficient (Wildman–Crippen LogP) is 3.41. The zero-order valence-corrected chi connectivity index (χ0v) is 11.1. The summed E-state index contributed by atoms with van der Waals surface area (Å²) in [6, 6.07) is 8.36. The van der Waals surface area contributed by atoms with Gasteiger partial charge in [-0.05, 0) is 42.7 Å². The topological polar surface area (TPSA) is 33.1 Å². The largest absolute Gasteiger partial charge is 0.393 e. The van der Waals surface area contributed by atoms with E-state index in [-0.39, 0.29) is 12.2 Å². The van der Waals surface area contributed by atoms with Crippen LogP contribution in [0.4, 0.5) is 4.39 Å². The highest BCUT2D eigenvalue weighted by Gasteiger charge is 2.12. The van der Waals surface area contributed by atoms with E-state index in [1.54, 1.807) is 24.5 Å². The minimum Gasteiger partial charge on any atom is -0.393 e. The summed E-state index contributed by atoms with van der Waals surface area (Å²) in [5.41, 5.74) is 1.49. The van der Waals surface area contributed by atoms with Gasteiger partial charge in [0, 0.05) is 29.4 Å². The van der Waals surface area contributed by atoms with E-state index in [0.717, 1.165) is 12.0 Å². The number of aryl methyl sites for hydroxylation is 1. The van der Waals surface area contributed by atoms with Crippen LogP contribution in [0.2, 0.25) is 5.02 Å². The molecule has 4 heteroatoms. The van der Waals surface area contributed by atoms with Crippen LogP contribution in [0.25, 0.3) is 0 Å². The van der Waals surface area contributed by atoms with E-state index in [1.165, 1.54) is 6.07 Å². The molecule has 0 aliphatic carbocycles. The van der Waals surface area contributed by atoms with Crippen molar-refractivity contribution in [1.29, 1.82) is 0 Å². The molecule has 2 nitrogen and oxygen atoms in total. The van der Waals surface area contributed by atoms with Gasteiger partial charge in [-0.25, -0.2) is 4.39 Å². The standard InChI is InChI=1S/C15H15ClFNO/c16-14-2-1-3-15(17)13(14)10-12(19)5-4-11-6-8-18-9-7-11/h1-3,6-9,12,19H,4-5,10H2. The summed E-state index contributed by atoms with van der Waals surface area (Å²) in [7, 11) is 0. The Labute approximate surface area is 116 Å². The fourth-order valence-electron chi connectivity index (χ4n) is 1.95. The molecule has 0 amide bonds. The third-order valence-corrected chi connectivity index (χ3v) is 3.37. The summed E-state index contributed by atoms with van der Waals surface area (Å²) < 4.78 is 13.6. The van der Waals surface area contributed by atoms with Gasteiger partial charge in [0.25, 0.3) is 0 Å². The van der Waals surface area contributed by atoms with E-state index < -0.39 is 6.10 Å². The van der Waals surface area contributed by atoms with Crippen LogP contribution >= 0.6 is 11.6 Å². The lowest BCUT2D eigenvalue weighted by molar-refractivity contribution is 0.164. The number of nitrogens with zero attached hydrogens (tertiary/aromatic N) is 1. The summed E-state index contributed by atoms with van der Waals surface area (Å²) in [6.07, 6.45) is 4.36. The van der Waals surface area contributed by atoms with Gasteiger partial charge in [-0.2, -0.15) is 0 Å². The Hall–Kier alpha value is -1.45. The second-order valence-corrected chi connectivity index (χ2v) is 4.86. The molecule has 0 spiro atoms. The van der Waals surface area contributed by atoms with Crippen molar-refractivity contribution in [2.45, 2.75) is 25.4 Å². The number of rotatable bonds is 5. The van der Waals surface area contributed by atoms with Crippen LogP contribution < -0.4 is 0 Å². The van der Waals surface area contributed by atoms with E-state index in [2.05, 4.69) is 4.98 Å². The number of hydrogen-bond acceptors (Lipinski definition) is 2. The molecule has 2 rings (SSSR count). The van der Waals surface area contributed by atoms with Crippen molar-refractivity contribution in [1.82, 2.24) is 4.98 Å². The molecule has 100 valence electrons. The summed E-state index contributed by atoms with van der Waals surface area (Å²) in [5.74, 6) is -0.365. The van der Waals surface area contributed by atoms with Crippen LogP contribution in [0.3, 0.4) is 0 Å². The van der Waals surface area contributed by atoms with E-state index >= 15 is 0 Å². The summed E-state index contributed by atoms with van der Waals surface area (Å²) in [4.78, 5) is 3.93. The number of aromatic nitrogens is 1. The van der Waals surface area contributed by atoms with E-state index in [0.29, 0.717) is 17.0 Å². The SMILES string of the molecule is OC(CCc1ccncc1)Cc1c(F)cccc1Cl. The van der Waals surface area contributed by atoms with Gasteiger partial charge in [-0.1, -0.05) is 17.7 Å². The van der Waals surface area contributed by atoms with E-state index in [9.17, 15) is 9.50 Å². The van der Waals surface area contributed by atoms with Gasteiger partial charge < -0.3 is 5.11 Å². The van der Waals surface area contributed by atoms with E-state index in [4.69, 9.17) is 11.6 Å². The van der Waals surface area contributed by atoms with Crippen LogP contribution in [0, 0.1) is 5.82 Å². The molecule has 0 fully saturated rings. The molecule has 1 N–H and O–H groups in total. The maximum absolute atomic E-state index is 13.6. The molecule has 0 saturated heterocycles. The normalized spacial score (nSPS) is 12.4. The highest BCUT2D eigenvalue weighted by atomic mass is 35.5. The van der Waals surface area contributed by atoms with Crippen LogP contribution in [-0.4, -0.2) is 16.2 Å². The predicted molar refractivity (Wildman–Crippen MR) is 73.7 cm³/mol. The molecule has 0 saturated carbocycles. The minimum atomic E-state index is -0.609. The molecular formula is C15H15ClFNO. The Morgan fingerprint density at radius 1 is 1.21 bits per heavy atom. The Morgan fingerprint density at radius 3 is 2.63 bits per heavy atom. The van der Waals surface area contributed by atoms with Crippen molar-refractivity contribution in [2.75, 3.05) is 0 Å². The fraction of sp³-hybridized carbons (Fsp3) is 0.267. The first-order chi connectivity index (χ1) is 9.16. The van der Waals surface area contributed by atoms with Crippen LogP contribution in [0.5, 0.6) is 0 Å². The van der Waals surface area contributed by atoms with Gasteiger partial charge in [0.2, 0.25) is 0 Å². The molecule has 1 aromatic carbocycles. The first-order valence-electron chi connectivity index (χ1n) is 6.16. The van der Waals surface area contributed by atoms with Gasteiger partial charge >= 0.3 is 0 Å². The molecule has 1 heterocycles. The van der Waals surface area contributed by atoms with Gasteiger partial charge in [0.1, 0.15) is 5.82 Å². The quantitative estimate of drug-likeness (QED) is 0.910. The Morgan fingerprint density at radius 2 is 1.95 bits per heavy atom. The fourth-order valence-corrected chi connectivity index (χ4v) is 2.19. The van der Waals surface area contributed by atoms with Gasteiger partial charge in [-0.15, -0.1) is 0 Å². The first kappa shape index (κ1) is 14.0. The number of benzene rings is 1. The molecule has 0 bridgehead atoms. The monoisotopic (exact) mass is 279 g/mol.